The average molecular weight is 405 g/mol. The van der Waals surface area contributed by atoms with Crippen LogP contribution in [0.1, 0.15) is 116 Å². The van der Waals surface area contributed by atoms with Crippen LogP contribution in [-0.4, -0.2) is 11.1 Å². The Morgan fingerprint density at radius 3 is 1.52 bits per heavy atom. The van der Waals surface area contributed by atoms with Crippen molar-refractivity contribution in [2.45, 2.75) is 123 Å². The van der Waals surface area contributed by atoms with Crippen LogP contribution in [0.15, 0.2) is 30.6 Å². The first-order valence-corrected chi connectivity index (χ1v) is 12.4. The summed E-state index contributed by atoms with van der Waals surface area (Å²) < 4.78 is 1.98. The summed E-state index contributed by atoms with van der Waals surface area (Å²) in [5, 5.41) is 9.45. The topological polar surface area (TPSA) is 41.2 Å². The number of hydrogen-bond acceptors (Lipinski definition) is 1. The van der Waals surface area contributed by atoms with Crippen molar-refractivity contribution in [3.8, 4) is 0 Å². The monoisotopic (exact) mass is 404 g/mol. The molecule has 29 heavy (non-hydrogen) atoms. The second-order valence-electron chi connectivity index (χ2n) is 8.70. The minimum absolute atomic E-state index is 0.269. The third-order valence-electron chi connectivity index (χ3n) is 5.96. The third-order valence-corrected chi connectivity index (χ3v) is 5.96. The Balaban J connectivity index is 1.88. The predicted octanol–water partition coefficient (Wildman–Crippen LogP) is 7.33. The van der Waals surface area contributed by atoms with Gasteiger partial charge in [0, 0.05) is 12.1 Å². The van der Waals surface area contributed by atoms with Crippen molar-refractivity contribution in [1.82, 2.24) is 0 Å². The van der Waals surface area contributed by atoms with E-state index in [1.807, 2.05) is 35.2 Å². The van der Waals surface area contributed by atoms with Gasteiger partial charge in [0.05, 0.1) is 0 Å². The molecule has 3 heteroatoms. The zero-order valence-corrected chi connectivity index (χ0v) is 19.0. The SMILES string of the molecule is CCCCCCCCCCCCCCCCCCC(C[n+]1ccccc1)C(=O)O. The number of aliphatic carboxylic acids is 1. The summed E-state index contributed by atoms with van der Waals surface area (Å²) in [4.78, 5) is 11.5. The Kier molecular flexibility index (Phi) is 16.5. The Morgan fingerprint density at radius 1 is 0.690 bits per heavy atom. The molecule has 0 aliphatic carbocycles. The van der Waals surface area contributed by atoms with E-state index < -0.39 is 5.97 Å². The highest BCUT2D eigenvalue weighted by Gasteiger charge is 2.21. The summed E-state index contributed by atoms with van der Waals surface area (Å²) in [7, 11) is 0. The van der Waals surface area contributed by atoms with Gasteiger partial charge in [-0.3, -0.25) is 4.79 Å². The number of carboxylic acids is 1. The minimum Gasteiger partial charge on any atom is -0.481 e. The molecule has 0 spiro atoms. The lowest BCUT2D eigenvalue weighted by Crippen LogP contribution is -2.39. The third kappa shape index (κ3) is 15.2. The van der Waals surface area contributed by atoms with Crippen LogP contribution in [0.4, 0.5) is 0 Å². The van der Waals surface area contributed by atoms with E-state index in [0.717, 1.165) is 12.8 Å². The first-order chi connectivity index (χ1) is 14.2. The van der Waals surface area contributed by atoms with Gasteiger partial charge in [0.25, 0.3) is 0 Å². The maximum atomic E-state index is 11.5. The number of nitrogens with zero attached hydrogens (tertiary/aromatic N) is 1. The van der Waals surface area contributed by atoms with Gasteiger partial charge < -0.3 is 5.11 Å². The fourth-order valence-electron chi connectivity index (χ4n) is 4.04. The molecule has 1 unspecified atom stereocenters. The maximum Gasteiger partial charge on any atom is 0.312 e. The smallest absolute Gasteiger partial charge is 0.312 e. The van der Waals surface area contributed by atoms with E-state index in [4.69, 9.17) is 0 Å². The van der Waals surface area contributed by atoms with E-state index >= 15 is 0 Å². The number of carbonyl (C=O) groups is 1. The Bertz CT molecular complexity index is 489. The fraction of sp³-hybridized carbons (Fsp3) is 0.769. The van der Waals surface area contributed by atoms with E-state index in [0.29, 0.717) is 6.54 Å². The molecule has 0 aliphatic heterocycles. The van der Waals surface area contributed by atoms with Gasteiger partial charge in [-0.1, -0.05) is 116 Å². The minimum atomic E-state index is -0.665. The fourth-order valence-corrected chi connectivity index (χ4v) is 4.04. The van der Waals surface area contributed by atoms with Crippen LogP contribution in [0.25, 0.3) is 0 Å². The molecule has 0 aliphatic rings. The van der Waals surface area contributed by atoms with Crippen LogP contribution >= 0.6 is 0 Å². The summed E-state index contributed by atoms with van der Waals surface area (Å²) >= 11 is 0. The van der Waals surface area contributed by atoms with Crippen molar-refractivity contribution in [3.05, 3.63) is 30.6 Å². The highest BCUT2D eigenvalue weighted by Crippen LogP contribution is 2.15. The second-order valence-corrected chi connectivity index (χ2v) is 8.70. The van der Waals surface area contributed by atoms with Crippen LogP contribution < -0.4 is 4.57 Å². The molecular formula is C26H46NO2+. The number of unbranched alkanes of at least 4 members (excludes halogenated alkanes) is 15. The second kappa shape index (κ2) is 18.6. The summed E-state index contributed by atoms with van der Waals surface area (Å²) in [5.74, 6) is -0.934. The quantitative estimate of drug-likeness (QED) is 0.183. The van der Waals surface area contributed by atoms with E-state index in [2.05, 4.69) is 6.92 Å². The molecular weight excluding hydrogens is 358 g/mol. The summed E-state index contributed by atoms with van der Waals surface area (Å²) in [6.45, 7) is 2.86. The lowest BCUT2D eigenvalue weighted by Gasteiger charge is -2.09. The summed E-state index contributed by atoms with van der Waals surface area (Å²) in [6, 6.07) is 5.86. The Hall–Kier alpha value is -1.38. The zero-order chi connectivity index (χ0) is 21.0. The number of aromatic nitrogens is 1. The van der Waals surface area contributed by atoms with Gasteiger partial charge in [-0.25, -0.2) is 4.57 Å². The molecule has 1 aromatic rings. The van der Waals surface area contributed by atoms with Crippen LogP contribution in [0, 0.1) is 5.92 Å². The molecule has 1 atom stereocenters. The van der Waals surface area contributed by atoms with Crippen molar-refractivity contribution in [3.63, 3.8) is 0 Å². The lowest BCUT2D eigenvalue weighted by atomic mass is 9.99. The first-order valence-electron chi connectivity index (χ1n) is 12.4. The van der Waals surface area contributed by atoms with E-state index in [9.17, 15) is 9.90 Å². The number of carboxylic acid groups (broad SMARTS) is 1. The molecule has 0 saturated heterocycles. The molecule has 0 radical (unpaired) electrons. The Labute approximate surface area is 179 Å². The van der Waals surface area contributed by atoms with Gasteiger partial charge in [-0.15, -0.1) is 0 Å². The first kappa shape index (κ1) is 25.7. The molecule has 0 amide bonds. The van der Waals surface area contributed by atoms with Gasteiger partial charge in [-0.05, 0) is 6.42 Å². The maximum absolute atomic E-state index is 11.5. The lowest BCUT2D eigenvalue weighted by molar-refractivity contribution is -0.701. The largest absolute Gasteiger partial charge is 0.481 e. The molecule has 0 bridgehead atoms. The predicted molar refractivity (Wildman–Crippen MR) is 122 cm³/mol. The van der Waals surface area contributed by atoms with Gasteiger partial charge >= 0.3 is 5.97 Å². The molecule has 1 aromatic heterocycles. The van der Waals surface area contributed by atoms with Gasteiger partial charge in [0.15, 0.2) is 18.9 Å². The van der Waals surface area contributed by atoms with Crippen molar-refractivity contribution in [2.75, 3.05) is 0 Å². The zero-order valence-electron chi connectivity index (χ0n) is 19.0. The van der Waals surface area contributed by atoms with Gasteiger partial charge in [0.1, 0.15) is 5.92 Å². The molecule has 1 N–H and O–H groups in total. The molecule has 166 valence electrons. The van der Waals surface area contributed by atoms with Crippen molar-refractivity contribution in [1.29, 1.82) is 0 Å². The molecule has 0 fully saturated rings. The molecule has 0 aromatic carbocycles. The van der Waals surface area contributed by atoms with Gasteiger partial charge in [0.2, 0.25) is 0 Å². The normalized spacial score (nSPS) is 12.2. The molecule has 0 saturated carbocycles. The molecule has 1 rings (SSSR count). The van der Waals surface area contributed by atoms with Gasteiger partial charge in [-0.2, -0.15) is 0 Å². The average Bonchev–Trinajstić information content (AvgIpc) is 2.73. The van der Waals surface area contributed by atoms with E-state index in [1.165, 1.54) is 96.3 Å². The number of rotatable bonds is 20. The van der Waals surface area contributed by atoms with Crippen LogP contribution in [0.2, 0.25) is 0 Å². The standard InChI is InChI=1S/C26H45NO2/c1-2-3-4-5-6-7-8-9-10-11-12-13-14-15-16-18-21-25(26(28)29)24-27-22-19-17-20-23-27/h17,19-20,22-23,25H,2-16,18,21,24H2,1H3/p+1. The highest BCUT2D eigenvalue weighted by atomic mass is 16.4. The molecule has 3 nitrogen and oxygen atoms in total. The van der Waals surface area contributed by atoms with Crippen molar-refractivity contribution in [2.24, 2.45) is 5.92 Å². The summed E-state index contributed by atoms with van der Waals surface area (Å²) in [6.07, 6.45) is 26.3. The van der Waals surface area contributed by atoms with Crippen LogP contribution in [0.3, 0.4) is 0 Å². The Morgan fingerprint density at radius 2 is 1.10 bits per heavy atom. The highest BCUT2D eigenvalue weighted by molar-refractivity contribution is 5.69. The van der Waals surface area contributed by atoms with Crippen LogP contribution in [0.5, 0.6) is 0 Å². The number of pyridine rings is 1. The van der Waals surface area contributed by atoms with E-state index in [-0.39, 0.29) is 5.92 Å². The van der Waals surface area contributed by atoms with E-state index in [1.54, 1.807) is 0 Å². The van der Waals surface area contributed by atoms with Crippen LogP contribution in [-0.2, 0) is 11.3 Å². The van der Waals surface area contributed by atoms with Crippen molar-refractivity contribution >= 4 is 5.97 Å². The molecule has 1 heterocycles. The van der Waals surface area contributed by atoms with Crippen molar-refractivity contribution < 1.29 is 14.5 Å². The number of hydrogen-bond donors (Lipinski definition) is 1. The summed E-state index contributed by atoms with van der Waals surface area (Å²) in [5.41, 5.74) is 0.